The molecule has 0 aliphatic carbocycles. The van der Waals surface area contributed by atoms with E-state index in [0.29, 0.717) is 5.69 Å². The SMILES string of the molecule is Cc1cc(/C=C2/C(=O)NC(=O)N(c3ccncc3)C2=O)c(C)n1-c1ccc(I)cc1. The van der Waals surface area contributed by atoms with E-state index in [9.17, 15) is 14.4 Å². The van der Waals surface area contributed by atoms with Crippen LogP contribution >= 0.6 is 22.6 Å². The first-order valence-electron chi connectivity index (χ1n) is 9.13. The highest BCUT2D eigenvalue weighted by atomic mass is 127. The van der Waals surface area contributed by atoms with Crippen LogP contribution in [0.5, 0.6) is 0 Å². The topological polar surface area (TPSA) is 84.3 Å². The molecule has 4 rings (SSSR count). The summed E-state index contributed by atoms with van der Waals surface area (Å²) in [6.07, 6.45) is 4.48. The number of anilines is 1. The van der Waals surface area contributed by atoms with E-state index in [1.165, 1.54) is 30.6 Å². The van der Waals surface area contributed by atoms with Crippen LogP contribution in [0.15, 0.2) is 60.4 Å². The summed E-state index contributed by atoms with van der Waals surface area (Å²) in [6.45, 7) is 3.89. The van der Waals surface area contributed by atoms with E-state index in [1.54, 1.807) is 0 Å². The van der Waals surface area contributed by atoms with Gasteiger partial charge in [-0.05, 0) is 90.5 Å². The number of imide groups is 2. The fourth-order valence-corrected chi connectivity index (χ4v) is 3.82. The monoisotopic (exact) mass is 512 g/mol. The van der Waals surface area contributed by atoms with Gasteiger partial charge in [-0.25, -0.2) is 9.69 Å². The molecule has 3 heterocycles. The molecule has 0 unspecified atom stereocenters. The first-order chi connectivity index (χ1) is 14.4. The fourth-order valence-electron chi connectivity index (χ4n) is 3.46. The van der Waals surface area contributed by atoms with Gasteiger partial charge in [0.2, 0.25) is 0 Å². The average Bonchev–Trinajstić information content (AvgIpc) is 3.00. The zero-order valence-corrected chi connectivity index (χ0v) is 18.4. The third-order valence-electron chi connectivity index (χ3n) is 4.88. The molecule has 7 nitrogen and oxygen atoms in total. The Morgan fingerprint density at radius 1 is 0.967 bits per heavy atom. The largest absolute Gasteiger partial charge is 0.335 e. The highest BCUT2D eigenvalue weighted by molar-refractivity contribution is 14.1. The van der Waals surface area contributed by atoms with Crippen LogP contribution in [0.1, 0.15) is 17.0 Å². The van der Waals surface area contributed by atoms with E-state index < -0.39 is 17.8 Å². The zero-order valence-electron chi connectivity index (χ0n) is 16.2. The molecular formula is C22H17IN4O3. The number of carbonyl (C=O) groups is 3. The van der Waals surface area contributed by atoms with E-state index in [-0.39, 0.29) is 5.57 Å². The van der Waals surface area contributed by atoms with Crippen LogP contribution in [-0.2, 0) is 9.59 Å². The lowest BCUT2D eigenvalue weighted by Gasteiger charge is -2.26. The maximum Gasteiger partial charge on any atom is 0.335 e. The average molecular weight is 512 g/mol. The van der Waals surface area contributed by atoms with Crippen LogP contribution in [-0.4, -0.2) is 27.4 Å². The number of aromatic nitrogens is 2. The summed E-state index contributed by atoms with van der Waals surface area (Å²) < 4.78 is 3.19. The molecule has 0 atom stereocenters. The van der Waals surface area contributed by atoms with Gasteiger partial charge in [-0.1, -0.05) is 0 Å². The van der Waals surface area contributed by atoms with Gasteiger partial charge in [0.1, 0.15) is 5.57 Å². The lowest BCUT2D eigenvalue weighted by Crippen LogP contribution is -2.54. The summed E-state index contributed by atoms with van der Waals surface area (Å²) in [5.74, 6) is -1.39. The third kappa shape index (κ3) is 3.54. The number of hydrogen-bond acceptors (Lipinski definition) is 4. The van der Waals surface area contributed by atoms with Crippen molar-refractivity contribution in [3.8, 4) is 5.69 Å². The van der Waals surface area contributed by atoms with E-state index in [0.717, 1.165) is 31.1 Å². The minimum Gasteiger partial charge on any atom is -0.318 e. The number of halogens is 1. The summed E-state index contributed by atoms with van der Waals surface area (Å²) in [5, 5.41) is 2.24. The first kappa shape index (κ1) is 20.0. The van der Waals surface area contributed by atoms with Crippen molar-refractivity contribution in [2.24, 2.45) is 0 Å². The molecule has 1 fully saturated rings. The highest BCUT2D eigenvalue weighted by Crippen LogP contribution is 2.26. The van der Waals surface area contributed by atoms with Crippen molar-refractivity contribution in [2.75, 3.05) is 4.90 Å². The van der Waals surface area contributed by atoms with Crippen LogP contribution < -0.4 is 10.2 Å². The summed E-state index contributed by atoms with van der Waals surface area (Å²) in [6, 6.07) is 12.3. The van der Waals surface area contributed by atoms with Gasteiger partial charge in [0.15, 0.2) is 0 Å². The molecule has 8 heteroatoms. The number of urea groups is 1. The molecule has 4 amide bonds. The standard InChI is InChI=1S/C22H17IN4O3/c1-13-11-15(14(2)26(13)17-5-3-16(23)4-6-17)12-19-20(28)25-22(30)27(21(19)29)18-7-9-24-10-8-18/h3-12H,1-2H3,(H,25,28,30)/b19-12-. The van der Waals surface area contributed by atoms with Gasteiger partial charge in [0.25, 0.3) is 11.8 Å². The molecule has 1 aliphatic rings. The Labute approximate surface area is 186 Å². The van der Waals surface area contributed by atoms with Crippen molar-refractivity contribution in [3.63, 3.8) is 0 Å². The summed E-state index contributed by atoms with van der Waals surface area (Å²) in [7, 11) is 0. The Morgan fingerprint density at radius 3 is 2.30 bits per heavy atom. The van der Waals surface area contributed by atoms with Crippen LogP contribution in [0.25, 0.3) is 11.8 Å². The van der Waals surface area contributed by atoms with Crippen LogP contribution in [0, 0.1) is 17.4 Å². The summed E-state index contributed by atoms with van der Waals surface area (Å²) >= 11 is 2.25. The second kappa shape index (κ2) is 7.86. The molecule has 1 N–H and O–H groups in total. The third-order valence-corrected chi connectivity index (χ3v) is 5.60. The van der Waals surface area contributed by atoms with Gasteiger partial charge >= 0.3 is 6.03 Å². The quantitative estimate of drug-likeness (QED) is 0.329. The Balaban J connectivity index is 1.76. The smallest absolute Gasteiger partial charge is 0.318 e. The minimum atomic E-state index is -0.780. The molecule has 0 spiro atoms. The number of rotatable bonds is 3. The Kier molecular flexibility index (Phi) is 5.25. The number of carbonyl (C=O) groups excluding carboxylic acids is 3. The van der Waals surface area contributed by atoms with E-state index >= 15 is 0 Å². The molecule has 30 heavy (non-hydrogen) atoms. The molecule has 0 bridgehead atoms. The Bertz CT molecular complexity index is 1200. The predicted molar refractivity (Wildman–Crippen MR) is 121 cm³/mol. The first-order valence-corrected chi connectivity index (χ1v) is 10.2. The van der Waals surface area contributed by atoms with Crippen molar-refractivity contribution >= 4 is 52.2 Å². The molecule has 0 saturated carbocycles. The molecule has 1 aromatic carbocycles. The van der Waals surface area contributed by atoms with Crippen molar-refractivity contribution in [1.82, 2.24) is 14.9 Å². The van der Waals surface area contributed by atoms with E-state index in [1.807, 2.05) is 44.2 Å². The number of amides is 4. The summed E-state index contributed by atoms with van der Waals surface area (Å²) in [4.78, 5) is 42.6. The van der Waals surface area contributed by atoms with Crippen molar-refractivity contribution in [2.45, 2.75) is 13.8 Å². The molecule has 3 aromatic rings. The molecule has 0 radical (unpaired) electrons. The number of nitrogens with one attached hydrogen (secondary N) is 1. The van der Waals surface area contributed by atoms with Crippen molar-refractivity contribution < 1.29 is 14.4 Å². The van der Waals surface area contributed by atoms with Crippen molar-refractivity contribution in [1.29, 1.82) is 0 Å². The molecular weight excluding hydrogens is 495 g/mol. The number of nitrogens with zero attached hydrogens (tertiary/aromatic N) is 3. The Morgan fingerprint density at radius 2 is 1.63 bits per heavy atom. The van der Waals surface area contributed by atoms with Crippen LogP contribution in [0.3, 0.4) is 0 Å². The number of aryl methyl sites for hydroxylation is 1. The fraction of sp³-hybridized carbons (Fsp3) is 0.0909. The van der Waals surface area contributed by atoms with Gasteiger partial charge < -0.3 is 4.57 Å². The highest BCUT2D eigenvalue weighted by Gasteiger charge is 2.37. The van der Waals surface area contributed by atoms with Gasteiger partial charge in [-0.15, -0.1) is 0 Å². The van der Waals surface area contributed by atoms with Gasteiger partial charge in [0, 0.05) is 33.0 Å². The maximum atomic E-state index is 13.0. The predicted octanol–water partition coefficient (Wildman–Crippen LogP) is 3.76. The summed E-state index contributed by atoms with van der Waals surface area (Å²) in [5.41, 5.74) is 3.81. The molecule has 1 aliphatic heterocycles. The second-order valence-corrected chi connectivity index (χ2v) is 8.05. The van der Waals surface area contributed by atoms with Crippen LogP contribution in [0.2, 0.25) is 0 Å². The number of pyridine rings is 1. The van der Waals surface area contributed by atoms with Gasteiger partial charge in [-0.3, -0.25) is 19.9 Å². The molecule has 2 aromatic heterocycles. The zero-order chi connectivity index (χ0) is 21.4. The maximum absolute atomic E-state index is 13.0. The van der Waals surface area contributed by atoms with E-state index in [4.69, 9.17) is 0 Å². The lowest BCUT2D eigenvalue weighted by atomic mass is 10.1. The van der Waals surface area contributed by atoms with Crippen molar-refractivity contribution in [3.05, 3.63) is 81.0 Å². The van der Waals surface area contributed by atoms with Gasteiger partial charge in [0.05, 0.1) is 5.69 Å². The molecule has 1 saturated heterocycles. The number of barbiturate groups is 1. The number of hydrogen-bond donors (Lipinski definition) is 1. The molecule has 150 valence electrons. The second-order valence-electron chi connectivity index (χ2n) is 6.80. The lowest BCUT2D eigenvalue weighted by molar-refractivity contribution is -0.122. The number of benzene rings is 1. The van der Waals surface area contributed by atoms with Gasteiger partial charge in [-0.2, -0.15) is 0 Å². The van der Waals surface area contributed by atoms with Crippen LogP contribution in [0.4, 0.5) is 10.5 Å². The minimum absolute atomic E-state index is 0.103. The van der Waals surface area contributed by atoms with E-state index in [2.05, 4.69) is 37.5 Å². The Hall–Kier alpha value is -3.27. The normalized spacial score (nSPS) is 15.6.